The first kappa shape index (κ1) is 9.50. The molecule has 0 aromatic heterocycles. The van der Waals surface area contributed by atoms with E-state index in [0.29, 0.717) is 0 Å². The molecule has 0 spiro atoms. The van der Waals surface area contributed by atoms with Crippen LogP contribution in [0.15, 0.2) is 0 Å². The Morgan fingerprint density at radius 2 is 2.08 bits per heavy atom. The predicted octanol–water partition coefficient (Wildman–Crippen LogP) is -0.996. The molecule has 1 amide bonds. The highest BCUT2D eigenvalue weighted by atomic mass is 16.4. The number of hydrogen-bond acceptors (Lipinski definition) is 3. The van der Waals surface area contributed by atoms with Gasteiger partial charge in [-0.15, -0.1) is 0 Å². The van der Waals surface area contributed by atoms with Gasteiger partial charge in [-0.2, -0.15) is 0 Å². The van der Waals surface area contributed by atoms with E-state index in [2.05, 4.69) is 0 Å². The van der Waals surface area contributed by atoms with Crippen LogP contribution >= 0.6 is 0 Å². The molecule has 1 saturated heterocycles. The van der Waals surface area contributed by atoms with E-state index in [1.807, 2.05) is 0 Å². The molecule has 0 radical (unpaired) electrons. The van der Waals surface area contributed by atoms with Crippen molar-refractivity contribution in [3.63, 3.8) is 0 Å². The summed E-state index contributed by atoms with van der Waals surface area (Å²) in [5.74, 6) is -3.35. The number of carboxylic acid groups (broad SMARTS) is 2. The van der Waals surface area contributed by atoms with Gasteiger partial charge < -0.3 is 15.1 Å². The average molecular weight is 187 g/mol. The third kappa shape index (κ3) is 2.17. The van der Waals surface area contributed by atoms with Gasteiger partial charge in [-0.1, -0.05) is 0 Å². The minimum atomic E-state index is -1.13. The number of hydrogen-bond donors (Lipinski definition) is 2. The summed E-state index contributed by atoms with van der Waals surface area (Å²) in [7, 11) is 0. The number of rotatable bonds is 3. The Morgan fingerprint density at radius 1 is 1.46 bits per heavy atom. The third-order valence-electron chi connectivity index (χ3n) is 1.89. The summed E-state index contributed by atoms with van der Waals surface area (Å²) in [6.45, 7) is -0.414. The number of carbonyl (C=O) groups excluding carboxylic acids is 1. The average Bonchev–Trinajstić information content (AvgIpc) is 2.31. The Labute approximate surface area is 73.8 Å². The zero-order valence-corrected chi connectivity index (χ0v) is 6.77. The number of carboxylic acids is 2. The second kappa shape index (κ2) is 3.42. The largest absolute Gasteiger partial charge is 0.481 e. The van der Waals surface area contributed by atoms with Crippen molar-refractivity contribution in [1.29, 1.82) is 0 Å². The number of nitrogens with zero attached hydrogens (tertiary/aromatic N) is 1. The van der Waals surface area contributed by atoms with Gasteiger partial charge in [0.1, 0.15) is 6.54 Å². The number of carbonyl (C=O) groups is 3. The lowest BCUT2D eigenvalue weighted by Gasteiger charge is -2.11. The Kier molecular flexibility index (Phi) is 2.50. The minimum Gasteiger partial charge on any atom is -0.481 e. The van der Waals surface area contributed by atoms with Gasteiger partial charge in [0.15, 0.2) is 0 Å². The fourth-order valence-electron chi connectivity index (χ4n) is 1.25. The maximum Gasteiger partial charge on any atom is 0.323 e. The van der Waals surface area contributed by atoms with Crippen LogP contribution in [0.2, 0.25) is 0 Å². The zero-order chi connectivity index (χ0) is 10.0. The summed E-state index contributed by atoms with van der Waals surface area (Å²) >= 11 is 0. The number of amides is 1. The molecular weight excluding hydrogens is 178 g/mol. The molecule has 1 aliphatic rings. The maximum absolute atomic E-state index is 11.0. The van der Waals surface area contributed by atoms with Crippen molar-refractivity contribution in [3.8, 4) is 0 Å². The van der Waals surface area contributed by atoms with Crippen molar-refractivity contribution >= 4 is 17.8 Å². The minimum absolute atomic E-state index is 0.000463. The van der Waals surface area contributed by atoms with Crippen molar-refractivity contribution in [3.05, 3.63) is 0 Å². The van der Waals surface area contributed by atoms with E-state index in [1.165, 1.54) is 0 Å². The summed E-state index contributed by atoms with van der Waals surface area (Å²) in [6.07, 6.45) is -0.0946. The van der Waals surface area contributed by atoms with Gasteiger partial charge in [0.05, 0.1) is 5.92 Å². The van der Waals surface area contributed by atoms with E-state index in [1.54, 1.807) is 0 Å². The molecule has 1 fully saturated rings. The van der Waals surface area contributed by atoms with Crippen LogP contribution in [0.1, 0.15) is 6.42 Å². The van der Waals surface area contributed by atoms with Crippen molar-refractivity contribution in [1.82, 2.24) is 4.90 Å². The normalized spacial score (nSPS) is 22.0. The summed E-state index contributed by atoms with van der Waals surface area (Å²) in [5.41, 5.74) is 0. The van der Waals surface area contributed by atoms with Crippen LogP contribution in [0.25, 0.3) is 0 Å². The van der Waals surface area contributed by atoms with E-state index < -0.39 is 30.3 Å². The van der Waals surface area contributed by atoms with Gasteiger partial charge in [-0.25, -0.2) is 0 Å². The Hall–Kier alpha value is -1.59. The van der Waals surface area contributed by atoms with Gasteiger partial charge in [-0.3, -0.25) is 14.4 Å². The molecule has 2 N–H and O–H groups in total. The van der Waals surface area contributed by atoms with Gasteiger partial charge in [-0.05, 0) is 0 Å². The predicted molar refractivity (Wildman–Crippen MR) is 40.0 cm³/mol. The second-order valence-corrected chi connectivity index (χ2v) is 2.91. The highest BCUT2D eigenvalue weighted by molar-refractivity contribution is 5.88. The smallest absolute Gasteiger partial charge is 0.323 e. The SMILES string of the molecule is O=C(O)CN1CC(C(=O)O)CC1=O. The molecule has 0 bridgehead atoms. The second-order valence-electron chi connectivity index (χ2n) is 2.91. The lowest BCUT2D eigenvalue weighted by atomic mass is 10.1. The molecule has 1 unspecified atom stereocenters. The lowest BCUT2D eigenvalue weighted by molar-refractivity contribution is -0.143. The Balaban J connectivity index is 2.56. The number of likely N-dealkylation sites (tertiary alicyclic amines) is 1. The van der Waals surface area contributed by atoms with E-state index in [9.17, 15) is 14.4 Å². The van der Waals surface area contributed by atoms with Gasteiger partial charge in [0.2, 0.25) is 5.91 Å². The molecule has 1 rings (SSSR count). The molecule has 0 aromatic rings. The van der Waals surface area contributed by atoms with Crippen LogP contribution in [-0.2, 0) is 14.4 Å². The lowest BCUT2D eigenvalue weighted by Crippen LogP contribution is -2.31. The Bertz CT molecular complexity index is 262. The van der Waals surface area contributed by atoms with Gasteiger partial charge in [0, 0.05) is 13.0 Å². The van der Waals surface area contributed by atoms with E-state index in [4.69, 9.17) is 10.2 Å². The van der Waals surface area contributed by atoms with Crippen LogP contribution in [-0.4, -0.2) is 46.0 Å². The topological polar surface area (TPSA) is 94.9 Å². The first-order valence-corrected chi connectivity index (χ1v) is 3.73. The first-order valence-electron chi connectivity index (χ1n) is 3.73. The highest BCUT2D eigenvalue weighted by Crippen LogP contribution is 2.17. The fourth-order valence-corrected chi connectivity index (χ4v) is 1.25. The molecular formula is C7H9NO5. The molecule has 1 heterocycles. The van der Waals surface area contributed by atoms with Gasteiger partial charge in [0.25, 0.3) is 0 Å². The van der Waals surface area contributed by atoms with Crippen molar-refractivity contribution in [2.75, 3.05) is 13.1 Å². The fraction of sp³-hybridized carbons (Fsp3) is 0.571. The molecule has 6 nitrogen and oxygen atoms in total. The first-order chi connectivity index (χ1) is 6.00. The molecule has 72 valence electrons. The third-order valence-corrected chi connectivity index (χ3v) is 1.89. The summed E-state index contributed by atoms with van der Waals surface area (Å²) in [5, 5.41) is 16.9. The van der Waals surface area contributed by atoms with Crippen LogP contribution < -0.4 is 0 Å². The summed E-state index contributed by atoms with van der Waals surface area (Å²) < 4.78 is 0. The van der Waals surface area contributed by atoms with Crippen molar-refractivity contribution < 1.29 is 24.6 Å². The molecule has 0 saturated carbocycles. The summed E-state index contributed by atoms with van der Waals surface area (Å²) in [4.78, 5) is 32.8. The quantitative estimate of drug-likeness (QED) is 0.591. The molecule has 13 heavy (non-hydrogen) atoms. The highest BCUT2D eigenvalue weighted by Gasteiger charge is 2.34. The Morgan fingerprint density at radius 3 is 2.46 bits per heavy atom. The van der Waals surface area contributed by atoms with Crippen LogP contribution in [0, 0.1) is 5.92 Å². The zero-order valence-electron chi connectivity index (χ0n) is 6.77. The van der Waals surface area contributed by atoms with Crippen LogP contribution in [0.5, 0.6) is 0 Å². The van der Waals surface area contributed by atoms with E-state index in [0.717, 1.165) is 4.90 Å². The molecule has 0 aliphatic carbocycles. The monoisotopic (exact) mass is 187 g/mol. The van der Waals surface area contributed by atoms with Crippen LogP contribution in [0.3, 0.4) is 0 Å². The van der Waals surface area contributed by atoms with E-state index in [-0.39, 0.29) is 13.0 Å². The molecule has 1 atom stereocenters. The number of aliphatic carboxylic acids is 2. The molecule has 0 aromatic carbocycles. The van der Waals surface area contributed by atoms with Crippen molar-refractivity contribution in [2.45, 2.75) is 6.42 Å². The standard InChI is InChI=1S/C7H9NO5/c9-5-1-4(7(12)13)2-8(5)3-6(10)11/h4H,1-3H2,(H,10,11)(H,12,13). The van der Waals surface area contributed by atoms with E-state index >= 15 is 0 Å². The molecule has 6 heteroatoms. The van der Waals surface area contributed by atoms with Crippen LogP contribution in [0.4, 0.5) is 0 Å². The molecule has 1 aliphatic heterocycles. The maximum atomic E-state index is 11.0. The van der Waals surface area contributed by atoms with Crippen molar-refractivity contribution in [2.24, 2.45) is 5.92 Å². The summed E-state index contributed by atoms with van der Waals surface area (Å²) in [6, 6.07) is 0. The van der Waals surface area contributed by atoms with Gasteiger partial charge >= 0.3 is 11.9 Å².